The highest BCUT2D eigenvalue weighted by molar-refractivity contribution is 7.94. The smallest absolute Gasteiger partial charge is 0.239 e. The summed E-state index contributed by atoms with van der Waals surface area (Å²) in [5.74, 6) is -0.726. The van der Waals surface area contributed by atoms with Gasteiger partial charge in [-0.2, -0.15) is 0 Å². The Labute approximate surface area is 112 Å². The number of nitrogens with two attached hydrogens (primary N) is 1. The fraction of sp³-hybridized carbons (Fsp3) is 0.462. The number of primary amides is 1. The summed E-state index contributed by atoms with van der Waals surface area (Å²) in [6, 6.07) is 5.23. The van der Waals surface area contributed by atoms with Gasteiger partial charge in [0.25, 0.3) is 0 Å². The van der Waals surface area contributed by atoms with E-state index in [2.05, 4.69) is 0 Å². The fourth-order valence-corrected chi connectivity index (χ4v) is 4.90. The zero-order valence-electron chi connectivity index (χ0n) is 10.7. The molecule has 1 aromatic rings. The van der Waals surface area contributed by atoms with Crippen molar-refractivity contribution in [3.8, 4) is 0 Å². The van der Waals surface area contributed by atoms with Crippen molar-refractivity contribution in [1.82, 2.24) is 0 Å². The minimum atomic E-state index is -3.68. The summed E-state index contributed by atoms with van der Waals surface area (Å²) in [6.45, 7) is 0.797. The minimum absolute atomic E-state index is 0.283. The van der Waals surface area contributed by atoms with Crippen LogP contribution in [0.25, 0.3) is 0 Å². The highest BCUT2D eigenvalue weighted by atomic mass is 32.2. The monoisotopic (exact) mass is 280 g/mol. The van der Waals surface area contributed by atoms with E-state index in [0.29, 0.717) is 19.3 Å². The van der Waals surface area contributed by atoms with Crippen LogP contribution in [0.3, 0.4) is 0 Å². The van der Waals surface area contributed by atoms with Crippen molar-refractivity contribution in [1.29, 1.82) is 0 Å². The summed E-state index contributed by atoms with van der Waals surface area (Å²) < 4.78 is 24.1. The maximum atomic E-state index is 12.7. The number of carbonyl (C=O) groups excluding carboxylic acids is 1. The number of rotatable bonds is 3. The molecule has 0 aromatic heterocycles. The van der Waals surface area contributed by atoms with Gasteiger partial charge >= 0.3 is 0 Å². The minimum Gasteiger partial charge on any atom is -0.374 e. The third-order valence-corrected chi connectivity index (χ3v) is 6.77. The first-order chi connectivity index (χ1) is 8.90. The third-order valence-electron chi connectivity index (χ3n) is 4.17. The lowest BCUT2D eigenvalue weighted by atomic mass is 10.2. The molecule has 1 fully saturated rings. The maximum absolute atomic E-state index is 12.7. The molecule has 1 aliphatic carbocycles. The number of carbonyl (C=O) groups is 1. The van der Waals surface area contributed by atoms with E-state index in [0.717, 1.165) is 17.8 Å². The van der Waals surface area contributed by atoms with Crippen molar-refractivity contribution in [2.45, 2.75) is 28.9 Å². The van der Waals surface area contributed by atoms with Gasteiger partial charge in [-0.05, 0) is 37.0 Å². The van der Waals surface area contributed by atoms with Gasteiger partial charge in [0, 0.05) is 19.3 Å². The van der Waals surface area contributed by atoms with E-state index in [4.69, 9.17) is 5.73 Å². The molecule has 19 heavy (non-hydrogen) atoms. The van der Waals surface area contributed by atoms with Gasteiger partial charge in [0.2, 0.25) is 5.91 Å². The second-order valence-corrected chi connectivity index (χ2v) is 7.52. The van der Waals surface area contributed by atoms with Gasteiger partial charge in [0.05, 0.1) is 4.90 Å². The third kappa shape index (κ3) is 1.52. The van der Waals surface area contributed by atoms with Gasteiger partial charge in [-0.15, -0.1) is 0 Å². The molecule has 0 radical (unpaired) electrons. The number of likely N-dealkylation sites (N-methyl/N-ethyl adjacent to an activating group) is 1. The van der Waals surface area contributed by atoms with E-state index in [-0.39, 0.29) is 4.90 Å². The molecule has 3 rings (SSSR count). The van der Waals surface area contributed by atoms with Crippen molar-refractivity contribution < 1.29 is 13.2 Å². The molecule has 6 heteroatoms. The van der Waals surface area contributed by atoms with Gasteiger partial charge in [-0.25, -0.2) is 8.42 Å². The van der Waals surface area contributed by atoms with E-state index < -0.39 is 20.5 Å². The largest absolute Gasteiger partial charge is 0.374 e. The SMILES string of the molecule is CN1CCc2c1cccc2S(=O)(=O)C1(C(N)=O)CC1. The molecule has 0 saturated heterocycles. The van der Waals surface area contributed by atoms with Crippen LogP contribution < -0.4 is 10.6 Å². The summed E-state index contributed by atoms with van der Waals surface area (Å²) in [5.41, 5.74) is 7.05. The molecule has 0 unspecified atom stereocenters. The topological polar surface area (TPSA) is 80.5 Å². The Morgan fingerprint density at radius 1 is 1.37 bits per heavy atom. The van der Waals surface area contributed by atoms with Crippen LogP contribution in [0.15, 0.2) is 23.1 Å². The van der Waals surface area contributed by atoms with Gasteiger partial charge < -0.3 is 10.6 Å². The number of fused-ring (bicyclic) bond motifs is 1. The summed E-state index contributed by atoms with van der Waals surface area (Å²) in [6.07, 6.45) is 1.37. The van der Waals surface area contributed by atoms with Crippen LogP contribution in [0.5, 0.6) is 0 Å². The Balaban J connectivity index is 2.17. The van der Waals surface area contributed by atoms with Crippen LogP contribution in [0.1, 0.15) is 18.4 Å². The fourth-order valence-electron chi connectivity index (χ4n) is 2.79. The van der Waals surface area contributed by atoms with E-state index in [9.17, 15) is 13.2 Å². The second kappa shape index (κ2) is 3.72. The molecular weight excluding hydrogens is 264 g/mol. The predicted molar refractivity (Wildman–Crippen MR) is 71.8 cm³/mol. The van der Waals surface area contributed by atoms with Crippen LogP contribution in [0.2, 0.25) is 0 Å². The summed E-state index contributed by atoms with van der Waals surface area (Å²) >= 11 is 0. The van der Waals surface area contributed by atoms with Crippen molar-refractivity contribution in [2.24, 2.45) is 5.73 Å². The van der Waals surface area contributed by atoms with E-state index in [1.54, 1.807) is 12.1 Å². The average Bonchev–Trinajstić information content (AvgIpc) is 3.11. The summed E-state index contributed by atoms with van der Waals surface area (Å²) in [5, 5.41) is 0. The molecule has 102 valence electrons. The molecule has 1 heterocycles. The number of benzene rings is 1. The molecule has 0 atom stereocenters. The van der Waals surface area contributed by atoms with Crippen LogP contribution >= 0.6 is 0 Å². The van der Waals surface area contributed by atoms with Crippen LogP contribution in [-0.2, 0) is 21.1 Å². The van der Waals surface area contributed by atoms with Crippen molar-refractivity contribution in [3.63, 3.8) is 0 Å². The van der Waals surface area contributed by atoms with Gasteiger partial charge in [-0.1, -0.05) is 6.07 Å². The van der Waals surface area contributed by atoms with E-state index >= 15 is 0 Å². The van der Waals surface area contributed by atoms with Crippen LogP contribution in [0.4, 0.5) is 5.69 Å². The summed E-state index contributed by atoms with van der Waals surface area (Å²) in [4.78, 5) is 13.8. The average molecular weight is 280 g/mol. The second-order valence-electron chi connectivity index (χ2n) is 5.29. The molecule has 2 N–H and O–H groups in total. The maximum Gasteiger partial charge on any atom is 0.239 e. The first-order valence-electron chi connectivity index (χ1n) is 6.28. The lowest BCUT2D eigenvalue weighted by molar-refractivity contribution is -0.118. The van der Waals surface area contributed by atoms with Crippen molar-refractivity contribution in [2.75, 3.05) is 18.5 Å². The Morgan fingerprint density at radius 3 is 2.63 bits per heavy atom. The van der Waals surface area contributed by atoms with E-state index in [1.807, 2.05) is 18.0 Å². The lowest BCUT2D eigenvalue weighted by Gasteiger charge is -2.16. The molecular formula is C13H16N2O3S. The number of nitrogens with zero attached hydrogens (tertiary/aromatic N) is 1. The van der Waals surface area contributed by atoms with Gasteiger partial charge in [0.15, 0.2) is 14.6 Å². The molecule has 1 aromatic carbocycles. The van der Waals surface area contributed by atoms with E-state index in [1.165, 1.54) is 0 Å². The normalized spacial score (nSPS) is 20.2. The van der Waals surface area contributed by atoms with Crippen LogP contribution in [0, 0.1) is 0 Å². The molecule has 1 saturated carbocycles. The van der Waals surface area contributed by atoms with Crippen molar-refractivity contribution in [3.05, 3.63) is 23.8 Å². The number of anilines is 1. The number of amides is 1. The van der Waals surface area contributed by atoms with Gasteiger partial charge in [-0.3, -0.25) is 4.79 Å². The zero-order valence-corrected chi connectivity index (χ0v) is 11.5. The molecule has 0 bridgehead atoms. The number of sulfone groups is 1. The lowest BCUT2D eigenvalue weighted by Crippen LogP contribution is -2.38. The highest BCUT2D eigenvalue weighted by Crippen LogP contribution is 2.48. The zero-order chi connectivity index (χ0) is 13.8. The Hall–Kier alpha value is -1.56. The molecule has 5 nitrogen and oxygen atoms in total. The molecule has 1 amide bonds. The highest BCUT2D eigenvalue weighted by Gasteiger charge is 2.60. The Morgan fingerprint density at radius 2 is 2.05 bits per heavy atom. The van der Waals surface area contributed by atoms with Crippen molar-refractivity contribution >= 4 is 21.4 Å². The molecule has 0 spiro atoms. The number of hydrogen-bond acceptors (Lipinski definition) is 4. The quantitative estimate of drug-likeness (QED) is 0.872. The first kappa shape index (κ1) is 12.5. The summed E-state index contributed by atoms with van der Waals surface area (Å²) in [7, 11) is -1.74. The Bertz CT molecular complexity index is 662. The standard InChI is InChI=1S/C13H16N2O3S/c1-15-8-5-9-10(15)3-2-4-11(9)19(17,18)13(6-7-13)12(14)16/h2-4H,5-8H2,1H3,(H2,14,16). The molecule has 2 aliphatic rings. The molecule has 1 aliphatic heterocycles. The van der Waals surface area contributed by atoms with Gasteiger partial charge in [0.1, 0.15) is 0 Å². The predicted octanol–water partition coefficient (Wildman–Crippen LogP) is 0.471. The Kier molecular flexibility index (Phi) is 2.44. The number of hydrogen-bond donors (Lipinski definition) is 1. The first-order valence-corrected chi connectivity index (χ1v) is 7.76. The van der Waals surface area contributed by atoms with Crippen LogP contribution in [-0.4, -0.2) is 32.7 Å².